The molecule has 0 fully saturated rings. The normalized spacial score (nSPS) is 11.3. The SMILES string of the molecule is CS(=O)(=O)c1ccc(F)c(NC(=O)c2csc(-c3ccccc3)n2)c1. The Labute approximate surface area is 148 Å². The molecule has 5 nitrogen and oxygen atoms in total. The van der Waals surface area contributed by atoms with Crippen molar-refractivity contribution in [3.63, 3.8) is 0 Å². The number of anilines is 1. The molecule has 1 heterocycles. The van der Waals surface area contributed by atoms with Gasteiger partial charge >= 0.3 is 0 Å². The molecule has 0 aliphatic carbocycles. The number of amides is 1. The van der Waals surface area contributed by atoms with Gasteiger partial charge in [-0.25, -0.2) is 17.8 Å². The zero-order valence-corrected chi connectivity index (χ0v) is 14.7. The molecular formula is C17H13FN2O3S2. The zero-order valence-electron chi connectivity index (χ0n) is 13.1. The second kappa shape index (κ2) is 6.73. The summed E-state index contributed by atoms with van der Waals surface area (Å²) < 4.78 is 37.0. The van der Waals surface area contributed by atoms with Crippen LogP contribution in [-0.4, -0.2) is 25.6 Å². The van der Waals surface area contributed by atoms with Crippen LogP contribution in [0.3, 0.4) is 0 Å². The van der Waals surface area contributed by atoms with Gasteiger partial charge < -0.3 is 5.32 Å². The second-order valence-corrected chi connectivity index (χ2v) is 8.15. The lowest BCUT2D eigenvalue weighted by molar-refractivity contribution is 0.102. The summed E-state index contributed by atoms with van der Waals surface area (Å²) in [5.41, 5.74) is 0.798. The molecule has 25 heavy (non-hydrogen) atoms. The van der Waals surface area contributed by atoms with Crippen LogP contribution in [-0.2, 0) is 9.84 Å². The third-order valence-electron chi connectivity index (χ3n) is 3.37. The van der Waals surface area contributed by atoms with E-state index in [1.807, 2.05) is 30.3 Å². The monoisotopic (exact) mass is 376 g/mol. The van der Waals surface area contributed by atoms with E-state index < -0.39 is 21.6 Å². The molecular weight excluding hydrogens is 363 g/mol. The molecule has 0 saturated carbocycles. The van der Waals surface area contributed by atoms with Gasteiger partial charge in [-0.05, 0) is 18.2 Å². The molecule has 1 amide bonds. The van der Waals surface area contributed by atoms with Gasteiger partial charge in [0.25, 0.3) is 5.91 Å². The van der Waals surface area contributed by atoms with Crippen molar-refractivity contribution in [3.8, 4) is 10.6 Å². The summed E-state index contributed by atoms with van der Waals surface area (Å²) >= 11 is 1.29. The molecule has 0 bridgehead atoms. The summed E-state index contributed by atoms with van der Waals surface area (Å²) in [7, 11) is -3.51. The molecule has 0 unspecified atom stereocenters. The number of aromatic nitrogens is 1. The topological polar surface area (TPSA) is 76.1 Å². The highest BCUT2D eigenvalue weighted by Gasteiger charge is 2.16. The highest BCUT2D eigenvalue weighted by atomic mass is 32.2. The van der Waals surface area contributed by atoms with E-state index in [-0.39, 0.29) is 16.3 Å². The third-order valence-corrected chi connectivity index (χ3v) is 5.37. The lowest BCUT2D eigenvalue weighted by atomic mass is 10.2. The van der Waals surface area contributed by atoms with E-state index in [4.69, 9.17) is 0 Å². The minimum atomic E-state index is -3.51. The van der Waals surface area contributed by atoms with Gasteiger partial charge in [0.1, 0.15) is 16.5 Å². The first kappa shape index (κ1) is 17.2. The number of sulfone groups is 1. The van der Waals surface area contributed by atoms with E-state index in [9.17, 15) is 17.6 Å². The van der Waals surface area contributed by atoms with Crippen molar-refractivity contribution in [2.75, 3.05) is 11.6 Å². The Bertz CT molecular complexity index is 1030. The predicted octanol–water partition coefficient (Wildman–Crippen LogP) is 3.61. The smallest absolute Gasteiger partial charge is 0.275 e. The molecule has 8 heteroatoms. The molecule has 1 aromatic heterocycles. The zero-order chi connectivity index (χ0) is 18.0. The van der Waals surface area contributed by atoms with Crippen LogP contribution in [0.15, 0.2) is 58.8 Å². The van der Waals surface area contributed by atoms with Crippen molar-refractivity contribution in [3.05, 3.63) is 65.4 Å². The lowest BCUT2D eigenvalue weighted by Crippen LogP contribution is -2.14. The van der Waals surface area contributed by atoms with Gasteiger partial charge in [0, 0.05) is 17.2 Å². The number of hydrogen-bond donors (Lipinski definition) is 1. The average Bonchev–Trinajstić information content (AvgIpc) is 3.07. The lowest BCUT2D eigenvalue weighted by Gasteiger charge is -2.07. The Morgan fingerprint density at radius 3 is 2.56 bits per heavy atom. The summed E-state index contributed by atoms with van der Waals surface area (Å²) in [4.78, 5) is 16.5. The van der Waals surface area contributed by atoms with Gasteiger partial charge in [-0.15, -0.1) is 11.3 Å². The van der Waals surface area contributed by atoms with Gasteiger partial charge in [-0.2, -0.15) is 0 Å². The number of rotatable bonds is 4. The quantitative estimate of drug-likeness (QED) is 0.706. The Morgan fingerprint density at radius 2 is 1.88 bits per heavy atom. The molecule has 3 aromatic rings. The van der Waals surface area contributed by atoms with Crippen molar-refractivity contribution in [1.82, 2.24) is 4.98 Å². The molecule has 1 N–H and O–H groups in total. The Kier molecular flexibility index (Phi) is 4.65. The highest BCUT2D eigenvalue weighted by Crippen LogP contribution is 2.25. The summed E-state index contributed by atoms with van der Waals surface area (Å²) in [6.45, 7) is 0. The summed E-state index contributed by atoms with van der Waals surface area (Å²) in [5, 5.41) is 4.60. The minimum absolute atomic E-state index is 0.0764. The fraction of sp³-hybridized carbons (Fsp3) is 0.0588. The van der Waals surface area contributed by atoms with Crippen molar-refractivity contribution in [2.24, 2.45) is 0 Å². The van der Waals surface area contributed by atoms with Crippen LogP contribution >= 0.6 is 11.3 Å². The molecule has 3 rings (SSSR count). The Hall–Kier alpha value is -2.58. The Morgan fingerprint density at radius 1 is 1.16 bits per heavy atom. The van der Waals surface area contributed by atoms with Crippen molar-refractivity contribution in [2.45, 2.75) is 4.90 Å². The predicted molar refractivity (Wildman–Crippen MR) is 95.0 cm³/mol. The van der Waals surface area contributed by atoms with Crippen LogP contribution in [0.2, 0.25) is 0 Å². The molecule has 0 atom stereocenters. The molecule has 0 aliphatic rings. The van der Waals surface area contributed by atoms with Crippen molar-refractivity contribution < 1.29 is 17.6 Å². The number of carbonyl (C=O) groups is 1. The minimum Gasteiger partial charge on any atom is -0.318 e. The molecule has 128 valence electrons. The van der Waals surface area contributed by atoms with E-state index in [1.165, 1.54) is 11.3 Å². The van der Waals surface area contributed by atoms with E-state index in [0.29, 0.717) is 5.01 Å². The first-order chi connectivity index (χ1) is 11.8. The first-order valence-electron chi connectivity index (χ1n) is 7.16. The second-order valence-electron chi connectivity index (χ2n) is 5.27. The number of benzene rings is 2. The third kappa shape index (κ3) is 3.92. The van der Waals surface area contributed by atoms with E-state index in [2.05, 4.69) is 10.3 Å². The van der Waals surface area contributed by atoms with Crippen LogP contribution in [0.25, 0.3) is 10.6 Å². The van der Waals surface area contributed by atoms with Gasteiger partial charge in [0.05, 0.1) is 10.6 Å². The van der Waals surface area contributed by atoms with Gasteiger partial charge in [-0.1, -0.05) is 30.3 Å². The molecule has 2 aromatic carbocycles. The standard InChI is InChI=1S/C17H13FN2O3S2/c1-25(22,23)12-7-8-13(18)14(9-12)19-16(21)15-10-24-17(20-15)11-5-3-2-4-6-11/h2-10H,1H3,(H,19,21). The van der Waals surface area contributed by atoms with Gasteiger partial charge in [0.2, 0.25) is 0 Å². The maximum atomic E-state index is 13.9. The number of nitrogens with one attached hydrogen (secondary N) is 1. The van der Waals surface area contributed by atoms with E-state index in [1.54, 1.807) is 5.38 Å². The number of thiazole rings is 1. The maximum Gasteiger partial charge on any atom is 0.275 e. The van der Waals surface area contributed by atoms with Crippen LogP contribution < -0.4 is 5.32 Å². The number of halogens is 1. The van der Waals surface area contributed by atoms with Crippen LogP contribution in [0, 0.1) is 5.82 Å². The van der Waals surface area contributed by atoms with Crippen molar-refractivity contribution >= 4 is 32.8 Å². The van der Waals surface area contributed by atoms with E-state index >= 15 is 0 Å². The van der Waals surface area contributed by atoms with Crippen LogP contribution in [0.1, 0.15) is 10.5 Å². The van der Waals surface area contributed by atoms with Crippen LogP contribution in [0.5, 0.6) is 0 Å². The summed E-state index contributed by atoms with van der Waals surface area (Å²) in [6.07, 6.45) is 1.01. The molecule has 0 radical (unpaired) electrons. The molecule has 0 saturated heterocycles. The summed E-state index contributed by atoms with van der Waals surface area (Å²) in [6, 6.07) is 12.6. The van der Waals surface area contributed by atoms with Gasteiger partial charge in [0.15, 0.2) is 9.84 Å². The fourth-order valence-corrected chi connectivity index (χ4v) is 3.56. The number of carbonyl (C=O) groups excluding carboxylic acids is 1. The van der Waals surface area contributed by atoms with Gasteiger partial charge in [-0.3, -0.25) is 4.79 Å². The van der Waals surface area contributed by atoms with Crippen LogP contribution in [0.4, 0.5) is 10.1 Å². The number of hydrogen-bond acceptors (Lipinski definition) is 5. The number of nitrogens with zero attached hydrogens (tertiary/aromatic N) is 1. The fourth-order valence-electron chi connectivity index (χ4n) is 2.11. The average molecular weight is 376 g/mol. The maximum absolute atomic E-state index is 13.9. The van der Waals surface area contributed by atoms with Crippen molar-refractivity contribution in [1.29, 1.82) is 0 Å². The largest absolute Gasteiger partial charge is 0.318 e. The molecule has 0 aliphatic heterocycles. The summed E-state index contributed by atoms with van der Waals surface area (Å²) in [5.74, 6) is -1.33. The Balaban J connectivity index is 1.85. The van der Waals surface area contributed by atoms with E-state index in [0.717, 1.165) is 30.0 Å². The highest BCUT2D eigenvalue weighted by molar-refractivity contribution is 7.90. The first-order valence-corrected chi connectivity index (χ1v) is 9.93. The molecule has 0 spiro atoms.